The molecule has 2 aromatic carbocycles. The molecule has 246 valence electrons. The van der Waals surface area contributed by atoms with Crippen molar-refractivity contribution in [2.75, 3.05) is 21.3 Å². The van der Waals surface area contributed by atoms with E-state index in [0.29, 0.717) is 50.7 Å². The average molecular weight is 695 g/mol. The number of methoxy groups -OCH3 is 1. The van der Waals surface area contributed by atoms with Gasteiger partial charge in [-0.2, -0.15) is 17.3 Å². The standard InChI is InChI=1S/C15H12F2N4O.C14H9ClF2N4.CH4O.CH3O.Na/c1-22-14-4-8(7-18-20-14)15-19-12-5-10(16)11(17)6-13(12)21(15)9-2-3-9;15-13-3-7(6-18-20-13)14-19-11-4-9(16)10(17)5-12(11)21(14)8-1-2-8;2*1-2;/h4-7,9H,2-3H2,1H3;3-6,8H,1-2H2;2H,1H3;1H3;/q;;;-1;+1. The van der Waals surface area contributed by atoms with Crippen LogP contribution in [0.5, 0.6) is 5.88 Å². The molecule has 17 heteroatoms. The van der Waals surface area contributed by atoms with Gasteiger partial charge >= 0.3 is 29.6 Å². The van der Waals surface area contributed by atoms with Crippen molar-refractivity contribution in [3.05, 3.63) is 77.2 Å². The second-order valence-electron chi connectivity index (χ2n) is 10.3. The second-order valence-corrected chi connectivity index (χ2v) is 10.7. The topological polar surface area (TPSA) is 140 Å². The average Bonchev–Trinajstić information content (AvgIpc) is 4.04. The summed E-state index contributed by atoms with van der Waals surface area (Å²) in [7, 11) is 3.25. The molecule has 0 unspecified atom stereocenters. The summed E-state index contributed by atoms with van der Waals surface area (Å²) in [4.78, 5) is 8.87. The summed E-state index contributed by atoms with van der Waals surface area (Å²) in [5, 5.41) is 30.7. The molecule has 2 aliphatic carbocycles. The molecule has 0 aliphatic heterocycles. The first-order valence-electron chi connectivity index (χ1n) is 14.3. The third-order valence-electron chi connectivity index (χ3n) is 7.27. The molecule has 0 amide bonds. The number of aromatic nitrogens is 8. The molecule has 0 atom stereocenters. The van der Waals surface area contributed by atoms with Crippen LogP contribution in [-0.2, 0) is 0 Å². The zero-order chi connectivity index (χ0) is 33.8. The van der Waals surface area contributed by atoms with Gasteiger partial charge < -0.3 is 24.1 Å². The van der Waals surface area contributed by atoms with Crippen molar-refractivity contribution in [2.24, 2.45) is 0 Å². The van der Waals surface area contributed by atoms with Gasteiger partial charge in [-0.15, -0.1) is 10.2 Å². The largest absolute Gasteiger partial charge is 1.00 e. The van der Waals surface area contributed by atoms with E-state index in [4.69, 9.17) is 26.6 Å². The van der Waals surface area contributed by atoms with E-state index in [1.165, 1.54) is 19.2 Å². The maximum absolute atomic E-state index is 13.6. The molecule has 1 N–H and O–H groups in total. The summed E-state index contributed by atoms with van der Waals surface area (Å²) in [6, 6.07) is 8.48. The third-order valence-corrected chi connectivity index (χ3v) is 7.45. The summed E-state index contributed by atoms with van der Waals surface area (Å²) < 4.78 is 62.9. The molecular weight excluding hydrogens is 667 g/mol. The molecule has 2 saturated carbocycles. The predicted octanol–water partition coefficient (Wildman–Crippen LogP) is 2.46. The van der Waals surface area contributed by atoms with Gasteiger partial charge in [0.25, 0.3) is 0 Å². The maximum atomic E-state index is 13.6. The minimum Gasteiger partial charge on any atom is -0.857 e. The summed E-state index contributed by atoms with van der Waals surface area (Å²) >= 11 is 5.86. The fourth-order valence-electron chi connectivity index (χ4n) is 5.02. The van der Waals surface area contributed by atoms with Crippen LogP contribution in [0.4, 0.5) is 17.6 Å². The number of fused-ring (bicyclic) bond motifs is 2. The Morgan fingerprint density at radius 2 is 1.12 bits per heavy atom. The molecule has 8 rings (SSSR count). The summed E-state index contributed by atoms with van der Waals surface area (Å²) in [6.45, 7) is 0. The van der Waals surface area contributed by atoms with Crippen molar-refractivity contribution in [1.29, 1.82) is 0 Å². The molecule has 4 heterocycles. The van der Waals surface area contributed by atoms with Gasteiger partial charge in [0, 0.05) is 60.7 Å². The second kappa shape index (κ2) is 16.1. The molecule has 0 saturated heterocycles. The molecule has 48 heavy (non-hydrogen) atoms. The first kappa shape index (κ1) is 37.1. The Balaban J connectivity index is 0.000000193. The quantitative estimate of drug-likeness (QED) is 0.213. The van der Waals surface area contributed by atoms with Gasteiger partial charge in [-0.05, 0) is 31.7 Å². The maximum Gasteiger partial charge on any atom is 1.00 e. The van der Waals surface area contributed by atoms with E-state index >= 15 is 0 Å². The van der Waals surface area contributed by atoms with Crippen LogP contribution in [0.25, 0.3) is 44.8 Å². The van der Waals surface area contributed by atoms with Crippen LogP contribution in [0, 0.1) is 23.3 Å². The van der Waals surface area contributed by atoms with E-state index < -0.39 is 23.3 Å². The van der Waals surface area contributed by atoms with Crippen molar-refractivity contribution in [3.8, 4) is 28.7 Å². The van der Waals surface area contributed by atoms with Gasteiger partial charge in [0.05, 0.1) is 41.6 Å². The minimum atomic E-state index is -0.902. The Hall–Kier alpha value is -3.73. The number of nitrogens with zero attached hydrogens (tertiary/aromatic N) is 8. The Labute approximate surface area is 298 Å². The van der Waals surface area contributed by atoms with Crippen molar-refractivity contribution in [1.82, 2.24) is 39.5 Å². The van der Waals surface area contributed by atoms with E-state index in [1.807, 2.05) is 9.13 Å². The van der Waals surface area contributed by atoms with Crippen LogP contribution >= 0.6 is 11.6 Å². The van der Waals surface area contributed by atoms with Gasteiger partial charge in [-0.3, -0.25) is 0 Å². The molecule has 11 nitrogen and oxygen atoms in total. The minimum absolute atomic E-state index is 0. The Morgan fingerprint density at radius 3 is 1.54 bits per heavy atom. The number of benzene rings is 2. The molecule has 0 bridgehead atoms. The molecule has 0 radical (unpaired) electrons. The molecule has 4 aromatic heterocycles. The Bertz CT molecular complexity index is 2040. The van der Waals surface area contributed by atoms with Gasteiger partial charge in [0.1, 0.15) is 11.6 Å². The molecule has 2 fully saturated rings. The molecule has 0 spiro atoms. The first-order valence-corrected chi connectivity index (χ1v) is 14.6. The van der Waals surface area contributed by atoms with E-state index in [2.05, 4.69) is 30.4 Å². The zero-order valence-electron chi connectivity index (χ0n) is 26.3. The molecule has 2 aliphatic rings. The van der Waals surface area contributed by atoms with Crippen LogP contribution in [-0.4, -0.2) is 65.9 Å². The van der Waals surface area contributed by atoms with Crippen LogP contribution in [0.1, 0.15) is 37.8 Å². The zero-order valence-corrected chi connectivity index (χ0v) is 29.1. The monoisotopic (exact) mass is 694 g/mol. The van der Waals surface area contributed by atoms with Gasteiger partial charge in [-0.1, -0.05) is 11.6 Å². The summed E-state index contributed by atoms with van der Waals surface area (Å²) in [6.07, 6.45) is 7.07. The van der Waals surface area contributed by atoms with Crippen molar-refractivity contribution in [2.45, 2.75) is 37.8 Å². The van der Waals surface area contributed by atoms with Crippen molar-refractivity contribution < 1.29 is 62.1 Å². The molecular formula is C31H28ClF4N8NaO3. The Morgan fingerprint density at radius 1 is 0.708 bits per heavy atom. The van der Waals surface area contributed by atoms with Gasteiger partial charge in [0.15, 0.2) is 28.4 Å². The SMILES string of the molecule is CO.COc1cc(-c2nc3cc(F)c(F)cc3n2C2CC2)cnn1.C[O-].Fc1cc2nc(-c3cnnc(Cl)c3)n(C3CC3)c2cc1F.[Na+]. The van der Waals surface area contributed by atoms with E-state index in [1.54, 1.807) is 24.5 Å². The van der Waals surface area contributed by atoms with Crippen molar-refractivity contribution in [3.63, 3.8) is 0 Å². The summed E-state index contributed by atoms with van der Waals surface area (Å²) in [5.41, 5.74) is 3.40. The van der Waals surface area contributed by atoms with Gasteiger partial charge in [-0.25, -0.2) is 27.5 Å². The number of aliphatic hydroxyl groups is 1. The third kappa shape index (κ3) is 7.77. The van der Waals surface area contributed by atoms with E-state index in [-0.39, 0.29) is 46.8 Å². The summed E-state index contributed by atoms with van der Waals surface area (Å²) in [5.74, 6) is -1.95. The first-order chi connectivity index (χ1) is 22.8. The van der Waals surface area contributed by atoms with Crippen LogP contribution in [0.2, 0.25) is 5.15 Å². The number of hydrogen-bond donors (Lipinski definition) is 1. The van der Waals surface area contributed by atoms with E-state index in [0.717, 1.165) is 52.0 Å². The fourth-order valence-corrected chi connectivity index (χ4v) is 5.19. The van der Waals surface area contributed by atoms with Crippen LogP contribution in [0.15, 0.2) is 48.8 Å². The molecule has 6 aromatic rings. The van der Waals surface area contributed by atoms with Crippen molar-refractivity contribution >= 4 is 33.7 Å². The Kier molecular flexibility index (Phi) is 12.5. The van der Waals surface area contributed by atoms with Crippen LogP contribution in [0.3, 0.4) is 0 Å². The number of hydrogen-bond acceptors (Lipinski definition) is 9. The normalized spacial score (nSPS) is 13.4. The number of aliphatic hydroxyl groups excluding tert-OH is 1. The fraction of sp³-hybridized carbons (Fsp3) is 0.290. The number of halogens is 5. The number of rotatable bonds is 5. The van der Waals surface area contributed by atoms with Gasteiger partial charge in [0.2, 0.25) is 5.88 Å². The predicted molar refractivity (Wildman–Crippen MR) is 164 cm³/mol. The van der Waals surface area contributed by atoms with Crippen LogP contribution < -0.4 is 39.4 Å². The number of ether oxygens (including phenoxy) is 1. The number of imidazole rings is 2. The smallest absolute Gasteiger partial charge is 0.857 e. The van der Waals surface area contributed by atoms with E-state index in [9.17, 15) is 17.6 Å².